The molecule has 0 aliphatic heterocycles. The first-order chi connectivity index (χ1) is 10.8. The number of hydrogen-bond donors (Lipinski definition) is 2. The summed E-state index contributed by atoms with van der Waals surface area (Å²) in [6, 6.07) is 4.98. The Labute approximate surface area is 137 Å². The van der Waals surface area contributed by atoms with Crippen LogP contribution in [0.25, 0.3) is 5.69 Å². The zero-order valence-electron chi connectivity index (χ0n) is 12.5. The number of halogens is 1. The maximum Gasteiger partial charge on any atom is 0.307 e. The number of carboxylic acid groups (broad SMARTS) is 1. The third-order valence-corrected chi connectivity index (χ3v) is 4.49. The van der Waals surface area contributed by atoms with E-state index in [0.29, 0.717) is 16.4 Å². The van der Waals surface area contributed by atoms with Crippen molar-refractivity contribution in [2.75, 3.05) is 5.32 Å². The Morgan fingerprint density at radius 1 is 1.35 bits per heavy atom. The molecule has 120 valence electrons. The number of aromatic nitrogens is 3. The Balaban J connectivity index is 1.88. The van der Waals surface area contributed by atoms with Crippen molar-refractivity contribution in [1.82, 2.24) is 14.8 Å². The van der Waals surface area contributed by atoms with Gasteiger partial charge in [-0.05, 0) is 23.6 Å². The number of carbonyl (C=O) groups is 2. The third kappa shape index (κ3) is 2.68. The minimum atomic E-state index is -0.960. The van der Waals surface area contributed by atoms with E-state index in [9.17, 15) is 14.7 Å². The van der Waals surface area contributed by atoms with E-state index in [1.54, 1.807) is 32.0 Å². The minimum Gasteiger partial charge on any atom is -0.481 e. The molecule has 3 rings (SSSR count). The van der Waals surface area contributed by atoms with E-state index < -0.39 is 23.2 Å². The van der Waals surface area contributed by atoms with Crippen molar-refractivity contribution in [2.45, 2.75) is 13.8 Å². The van der Waals surface area contributed by atoms with E-state index >= 15 is 0 Å². The Morgan fingerprint density at radius 2 is 2.09 bits per heavy atom. The number of amides is 1. The van der Waals surface area contributed by atoms with Gasteiger partial charge in [0.2, 0.25) is 5.91 Å². The number of nitrogens with one attached hydrogen (secondary N) is 1. The molecular formula is C15H15ClN4O3. The zero-order chi connectivity index (χ0) is 16.8. The van der Waals surface area contributed by atoms with Gasteiger partial charge in [0.05, 0.1) is 23.2 Å². The van der Waals surface area contributed by atoms with Crippen LogP contribution in [0.5, 0.6) is 0 Å². The molecule has 8 heteroatoms. The van der Waals surface area contributed by atoms with Crippen LogP contribution in [-0.2, 0) is 9.59 Å². The first kappa shape index (κ1) is 15.5. The topological polar surface area (TPSA) is 97.1 Å². The van der Waals surface area contributed by atoms with Crippen molar-refractivity contribution in [3.8, 4) is 5.69 Å². The predicted molar refractivity (Wildman–Crippen MR) is 83.4 cm³/mol. The van der Waals surface area contributed by atoms with Gasteiger partial charge in [0.15, 0.2) is 0 Å². The molecule has 0 unspecified atom stereocenters. The van der Waals surface area contributed by atoms with E-state index in [-0.39, 0.29) is 5.91 Å². The van der Waals surface area contributed by atoms with Crippen molar-refractivity contribution in [3.63, 3.8) is 0 Å². The molecule has 1 aromatic heterocycles. The Morgan fingerprint density at radius 3 is 2.65 bits per heavy atom. The van der Waals surface area contributed by atoms with Gasteiger partial charge >= 0.3 is 5.97 Å². The summed E-state index contributed by atoms with van der Waals surface area (Å²) in [5, 5.41) is 16.5. The van der Waals surface area contributed by atoms with Crippen LogP contribution in [-0.4, -0.2) is 31.7 Å². The quantitative estimate of drug-likeness (QED) is 0.893. The van der Waals surface area contributed by atoms with Gasteiger partial charge in [-0.15, -0.1) is 0 Å². The molecule has 7 nitrogen and oxygen atoms in total. The molecule has 0 spiro atoms. The van der Waals surface area contributed by atoms with E-state index in [1.807, 2.05) is 0 Å². The van der Waals surface area contributed by atoms with Gasteiger partial charge < -0.3 is 10.4 Å². The smallest absolute Gasteiger partial charge is 0.307 e. The summed E-state index contributed by atoms with van der Waals surface area (Å²) in [4.78, 5) is 27.6. The van der Waals surface area contributed by atoms with Crippen LogP contribution in [0.15, 0.2) is 30.9 Å². The van der Waals surface area contributed by atoms with Gasteiger partial charge in [0.1, 0.15) is 12.7 Å². The highest BCUT2D eigenvalue weighted by molar-refractivity contribution is 6.31. The highest BCUT2D eigenvalue weighted by Gasteiger charge is 2.65. The lowest BCUT2D eigenvalue weighted by Gasteiger charge is -2.12. The predicted octanol–water partition coefficient (Wildman–Crippen LogP) is 2.22. The fraction of sp³-hybridized carbons (Fsp3) is 0.333. The Bertz CT molecular complexity index is 773. The number of rotatable bonds is 4. The van der Waals surface area contributed by atoms with E-state index in [0.717, 1.165) is 0 Å². The van der Waals surface area contributed by atoms with Gasteiger partial charge in [-0.1, -0.05) is 25.4 Å². The van der Waals surface area contributed by atoms with Crippen LogP contribution in [0.4, 0.5) is 5.69 Å². The van der Waals surface area contributed by atoms with Gasteiger partial charge in [0.25, 0.3) is 0 Å². The largest absolute Gasteiger partial charge is 0.481 e. The van der Waals surface area contributed by atoms with Crippen LogP contribution in [0.3, 0.4) is 0 Å². The zero-order valence-corrected chi connectivity index (χ0v) is 13.3. The monoisotopic (exact) mass is 334 g/mol. The standard InChI is InChI=1S/C15H15ClN4O3/c1-15(2)11(12(15)14(22)23)13(21)19-9-5-8(16)3-4-10(9)20-7-17-6-18-20/h3-7,11-12H,1-2H3,(H,19,21)(H,22,23)/t11-,12-/m0/s1. The second kappa shape index (κ2) is 5.34. The number of carboxylic acids is 1. The molecule has 1 aromatic carbocycles. The molecular weight excluding hydrogens is 320 g/mol. The van der Waals surface area contributed by atoms with Crippen molar-refractivity contribution in [1.29, 1.82) is 0 Å². The number of nitrogens with zero attached hydrogens (tertiary/aromatic N) is 3. The second-order valence-corrected chi connectivity index (χ2v) is 6.54. The van der Waals surface area contributed by atoms with Gasteiger partial charge in [-0.25, -0.2) is 9.67 Å². The maximum atomic E-state index is 12.5. The molecule has 0 saturated heterocycles. The lowest BCUT2D eigenvalue weighted by Crippen LogP contribution is -2.19. The summed E-state index contributed by atoms with van der Waals surface area (Å²) in [6.07, 6.45) is 2.88. The lowest BCUT2D eigenvalue weighted by atomic mass is 10.1. The number of benzene rings is 1. The molecule has 1 saturated carbocycles. The maximum absolute atomic E-state index is 12.5. The molecule has 0 radical (unpaired) electrons. The summed E-state index contributed by atoms with van der Waals surface area (Å²) in [5.41, 5.74) is 0.493. The van der Waals surface area contributed by atoms with Crippen LogP contribution < -0.4 is 5.32 Å². The first-order valence-corrected chi connectivity index (χ1v) is 7.38. The van der Waals surface area contributed by atoms with Gasteiger partial charge in [0, 0.05) is 5.02 Å². The Hall–Kier alpha value is -2.41. The Kier molecular flexibility index (Phi) is 3.60. The number of aliphatic carboxylic acids is 1. The summed E-state index contributed by atoms with van der Waals surface area (Å²) < 4.78 is 1.50. The SMILES string of the molecule is CC1(C)[C@H](C(=O)O)[C@H]1C(=O)Nc1cc(Cl)ccc1-n1cncn1. The van der Waals surface area contributed by atoms with Gasteiger partial charge in [-0.3, -0.25) is 9.59 Å². The molecule has 2 aromatic rings. The van der Waals surface area contributed by atoms with Crippen molar-refractivity contribution < 1.29 is 14.7 Å². The number of hydrogen-bond acceptors (Lipinski definition) is 4. The molecule has 0 bridgehead atoms. The minimum absolute atomic E-state index is 0.342. The average molecular weight is 335 g/mol. The lowest BCUT2D eigenvalue weighted by molar-refractivity contribution is -0.140. The summed E-state index contributed by atoms with van der Waals surface area (Å²) in [5.74, 6) is -2.57. The summed E-state index contributed by atoms with van der Waals surface area (Å²) in [6.45, 7) is 3.54. The molecule has 1 fully saturated rings. The molecule has 23 heavy (non-hydrogen) atoms. The normalized spacial score (nSPS) is 21.7. The third-order valence-electron chi connectivity index (χ3n) is 4.26. The van der Waals surface area contributed by atoms with Crippen LogP contribution >= 0.6 is 11.6 Å². The van der Waals surface area contributed by atoms with E-state index in [4.69, 9.17) is 11.6 Å². The van der Waals surface area contributed by atoms with E-state index in [2.05, 4.69) is 15.4 Å². The molecule has 1 heterocycles. The summed E-state index contributed by atoms with van der Waals surface area (Å²) in [7, 11) is 0. The van der Waals surface area contributed by atoms with Crippen LogP contribution in [0.1, 0.15) is 13.8 Å². The highest BCUT2D eigenvalue weighted by Crippen LogP contribution is 2.58. The highest BCUT2D eigenvalue weighted by atomic mass is 35.5. The second-order valence-electron chi connectivity index (χ2n) is 6.11. The van der Waals surface area contributed by atoms with Crippen molar-refractivity contribution >= 4 is 29.2 Å². The number of anilines is 1. The molecule has 1 aliphatic rings. The summed E-state index contributed by atoms with van der Waals surface area (Å²) >= 11 is 6.00. The van der Waals surface area contributed by atoms with Crippen molar-refractivity contribution in [3.05, 3.63) is 35.9 Å². The molecule has 2 atom stereocenters. The van der Waals surface area contributed by atoms with Crippen LogP contribution in [0.2, 0.25) is 5.02 Å². The van der Waals surface area contributed by atoms with Gasteiger partial charge in [-0.2, -0.15) is 5.10 Å². The number of carbonyl (C=O) groups excluding carboxylic acids is 1. The average Bonchev–Trinajstić information content (AvgIpc) is 2.84. The van der Waals surface area contributed by atoms with E-state index in [1.165, 1.54) is 17.3 Å². The fourth-order valence-electron chi connectivity index (χ4n) is 2.94. The molecule has 1 aliphatic carbocycles. The van der Waals surface area contributed by atoms with Crippen LogP contribution in [0, 0.1) is 17.3 Å². The molecule has 2 N–H and O–H groups in total. The van der Waals surface area contributed by atoms with Crippen molar-refractivity contribution in [2.24, 2.45) is 17.3 Å². The molecule has 1 amide bonds. The first-order valence-electron chi connectivity index (χ1n) is 7.00. The fourth-order valence-corrected chi connectivity index (χ4v) is 3.11.